The van der Waals surface area contributed by atoms with Crippen LogP contribution < -0.4 is 5.32 Å². The molecule has 2 aromatic heterocycles. The predicted molar refractivity (Wildman–Crippen MR) is 117 cm³/mol. The van der Waals surface area contributed by atoms with Crippen molar-refractivity contribution in [3.8, 4) is 11.3 Å². The van der Waals surface area contributed by atoms with Crippen molar-refractivity contribution in [1.29, 1.82) is 0 Å². The number of thiazole rings is 1. The summed E-state index contributed by atoms with van der Waals surface area (Å²) in [6.45, 7) is 0. The highest BCUT2D eigenvalue weighted by Crippen LogP contribution is 2.41. The van der Waals surface area contributed by atoms with Gasteiger partial charge < -0.3 is 5.32 Å². The number of amides is 1. The molecule has 3 aromatic rings. The van der Waals surface area contributed by atoms with Crippen molar-refractivity contribution < 1.29 is 4.79 Å². The topological polar surface area (TPSA) is 54.9 Å². The lowest BCUT2D eigenvalue weighted by molar-refractivity contribution is -0.113. The molecular weight excluding hydrogens is 545 g/mol. The molecule has 0 unspecified atom stereocenters. The van der Waals surface area contributed by atoms with Crippen LogP contribution in [0.3, 0.4) is 0 Å². The molecule has 0 bridgehead atoms. The number of anilines is 1. The van der Waals surface area contributed by atoms with Gasteiger partial charge in [-0.25, -0.2) is 9.97 Å². The molecule has 0 radical (unpaired) electrons. The summed E-state index contributed by atoms with van der Waals surface area (Å²) in [5.41, 5.74) is 2.14. The van der Waals surface area contributed by atoms with Gasteiger partial charge in [0.25, 0.3) is 0 Å². The number of nitrogens with zero attached hydrogens (tertiary/aromatic N) is 2. The minimum Gasteiger partial charge on any atom is -0.323 e. The van der Waals surface area contributed by atoms with E-state index in [4.69, 9.17) is 23.2 Å². The van der Waals surface area contributed by atoms with Gasteiger partial charge in [0.15, 0.2) is 9.62 Å². The van der Waals surface area contributed by atoms with Crippen molar-refractivity contribution in [2.45, 2.75) is 4.21 Å². The highest BCUT2D eigenvalue weighted by atomic mass is 79.9. The standard InChI is InChI=1S/C16H9Br2Cl2N3OS2/c17-8-3-4-9(10(18)6-8)13-15(26-16(20)23-13)25-7-12(24)22-11-2-1-5-21-14(11)19/h1-6H,7H2,(H,22,24). The summed E-state index contributed by atoms with van der Waals surface area (Å²) in [6, 6.07) is 9.22. The number of nitrogens with one attached hydrogen (secondary N) is 1. The van der Waals surface area contributed by atoms with Gasteiger partial charge in [-0.1, -0.05) is 72.5 Å². The number of aromatic nitrogens is 2. The van der Waals surface area contributed by atoms with E-state index in [9.17, 15) is 4.79 Å². The highest BCUT2D eigenvalue weighted by Gasteiger charge is 2.17. The molecule has 1 aromatic carbocycles. The third-order valence-corrected chi connectivity index (χ3v) is 6.99. The quantitative estimate of drug-likeness (QED) is 0.280. The van der Waals surface area contributed by atoms with E-state index in [1.807, 2.05) is 18.2 Å². The molecule has 0 aliphatic rings. The zero-order chi connectivity index (χ0) is 18.7. The van der Waals surface area contributed by atoms with E-state index in [0.717, 1.165) is 24.4 Å². The van der Waals surface area contributed by atoms with Crippen LogP contribution in [0.4, 0.5) is 5.69 Å². The molecule has 0 aliphatic heterocycles. The lowest BCUT2D eigenvalue weighted by Crippen LogP contribution is -2.14. The Kier molecular flexibility index (Phi) is 6.98. The molecule has 0 spiro atoms. The molecule has 0 saturated heterocycles. The predicted octanol–water partition coefficient (Wildman–Crippen LogP) is 6.77. The Morgan fingerprint density at radius 1 is 1.27 bits per heavy atom. The summed E-state index contributed by atoms with van der Waals surface area (Å²) >= 11 is 21.8. The number of rotatable bonds is 5. The number of pyridine rings is 1. The van der Waals surface area contributed by atoms with Crippen molar-refractivity contribution in [2.75, 3.05) is 11.1 Å². The zero-order valence-corrected chi connectivity index (χ0v) is 19.1. The van der Waals surface area contributed by atoms with Crippen molar-refractivity contribution >= 4 is 89.8 Å². The van der Waals surface area contributed by atoms with Crippen LogP contribution in [-0.4, -0.2) is 21.6 Å². The second-order valence-electron chi connectivity index (χ2n) is 4.91. The molecule has 0 saturated carbocycles. The minimum atomic E-state index is -0.185. The first-order chi connectivity index (χ1) is 12.4. The van der Waals surface area contributed by atoms with Crippen LogP contribution in [0.5, 0.6) is 0 Å². The average molecular weight is 554 g/mol. The van der Waals surface area contributed by atoms with Gasteiger partial charge in [-0.15, -0.1) is 11.8 Å². The molecule has 1 N–H and O–H groups in total. The van der Waals surface area contributed by atoms with Crippen LogP contribution in [0.2, 0.25) is 9.62 Å². The number of thioether (sulfide) groups is 1. The van der Waals surface area contributed by atoms with E-state index in [-0.39, 0.29) is 16.8 Å². The Morgan fingerprint density at radius 2 is 2.08 bits per heavy atom. The molecule has 4 nitrogen and oxygen atoms in total. The molecule has 26 heavy (non-hydrogen) atoms. The summed E-state index contributed by atoms with van der Waals surface area (Å²) in [5, 5.41) is 3.00. The second kappa shape index (κ2) is 9.03. The van der Waals surface area contributed by atoms with Crippen molar-refractivity contribution in [3.05, 3.63) is 55.1 Å². The maximum absolute atomic E-state index is 12.2. The summed E-state index contributed by atoms with van der Waals surface area (Å²) in [7, 11) is 0. The molecule has 1 amide bonds. The first-order valence-corrected chi connectivity index (χ1v) is 11.2. The van der Waals surface area contributed by atoms with Crippen LogP contribution in [0.15, 0.2) is 49.7 Å². The lowest BCUT2D eigenvalue weighted by atomic mass is 10.2. The van der Waals surface area contributed by atoms with E-state index in [1.165, 1.54) is 23.1 Å². The summed E-state index contributed by atoms with van der Waals surface area (Å²) in [4.78, 5) is 20.6. The fourth-order valence-corrected chi connectivity index (χ4v) is 5.70. The fourth-order valence-electron chi connectivity index (χ4n) is 2.03. The molecule has 0 fully saturated rings. The Morgan fingerprint density at radius 3 is 2.81 bits per heavy atom. The smallest absolute Gasteiger partial charge is 0.234 e. The van der Waals surface area contributed by atoms with Crippen LogP contribution >= 0.6 is 78.2 Å². The monoisotopic (exact) mass is 551 g/mol. The van der Waals surface area contributed by atoms with Crippen LogP contribution in [-0.2, 0) is 4.79 Å². The first-order valence-electron chi connectivity index (χ1n) is 7.09. The number of benzene rings is 1. The summed E-state index contributed by atoms with van der Waals surface area (Å²) < 4.78 is 3.14. The zero-order valence-electron chi connectivity index (χ0n) is 12.8. The Labute approximate surface area is 185 Å². The summed E-state index contributed by atoms with van der Waals surface area (Å²) in [6.07, 6.45) is 1.56. The normalized spacial score (nSPS) is 10.8. The van der Waals surface area contributed by atoms with Crippen LogP contribution in [0.1, 0.15) is 0 Å². The number of carbonyl (C=O) groups excluding carboxylic acids is 1. The third kappa shape index (κ3) is 4.99. The number of hydrogen-bond acceptors (Lipinski definition) is 5. The second-order valence-corrected chi connectivity index (χ2v) is 9.86. The van der Waals surface area contributed by atoms with E-state index in [2.05, 4.69) is 47.1 Å². The van der Waals surface area contributed by atoms with Crippen molar-refractivity contribution in [3.63, 3.8) is 0 Å². The Hall–Kier alpha value is -0.640. The summed E-state index contributed by atoms with van der Waals surface area (Å²) in [5.74, 6) is 0.0143. The Balaban J connectivity index is 1.74. The van der Waals surface area contributed by atoms with Crippen molar-refractivity contribution in [2.24, 2.45) is 0 Å². The average Bonchev–Trinajstić information content (AvgIpc) is 2.95. The van der Waals surface area contributed by atoms with Gasteiger partial charge in [-0.2, -0.15) is 0 Å². The SMILES string of the molecule is O=C(CSc1sc(Cl)nc1-c1ccc(Br)cc1Br)Nc1cccnc1Cl. The fraction of sp³-hybridized carbons (Fsp3) is 0.0625. The molecule has 2 heterocycles. The molecule has 10 heteroatoms. The highest BCUT2D eigenvalue weighted by molar-refractivity contribution is 9.11. The van der Waals surface area contributed by atoms with Gasteiger partial charge in [0.1, 0.15) is 0 Å². The van der Waals surface area contributed by atoms with E-state index in [0.29, 0.717) is 10.2 Å². The molecule has 134 valence electrons. The van der Waals surface area contributed by atoms with Gasteiger partial charge in [0, 0.05) is 20.7 Å². The molecule has 0 aliphatic carbocycles. The largest absolute Gasteiger partial charge is 0.323 e. The molecule has 3 rings (SSSR count). The molecule has 0 atom stereocenters. The van der Waals surface area contributed by atoms with Crippen molar-refractivity contribution in [1.82, 2.24) is 9.97 Å². The lowest BCUT2D eigenvalue weighted by Gasteiger charge is -2.07. The first kappa shape index (κ1) is 20.1. The number of halogens is 4. The van der Waals surface area contributed by atoms with Crippen LogP contribution in [0.25, 0.3) is 11.3 Å². The van der Waals surface area contributed by atoms with Crippen LogP contribution in [0, 0.1) is 0 Å². The van der Waals surface area contributed by atoms with E-state index in [1.54, 1.807) is 18.3 Å². The van der Waals surface area contributed by atoms with E-state index < -0.39 is 0 Å². The van der Waals surface area contributed by atoms with Gasteiger partial charge in [-0.05, 0) is 24.3 Å². The van der Waals surface area contributed by atoms with Gasteiger partial charge in [0.05, 0.1) is 21.3 Å². The third-order valence-electron chi connectivity index (χ3n) is 3.12. The number of hydrogen-bond donors (Lipinski definition) is 1. The molecular formula is C16H9Br2Cl2N3OS2. The maximum atomic E-state index is 12.2. The number of carbonyl (C=O) groups is 1. The van der Waals surface area contributed by atoms with Gasteiger partial charge in [-0.3, -0.25) is 4.79 Å². The van der Waals surface area contributed by atoms with Gasteiger partial charge >= 0.3 is 0 Å². The maximum Gasteiger partial charge on any atom is 0.234 e. The minimum absolute atomic E-state index is 0.185. The van der Waals surface area contributed by atoms with Gasteiger partial charge in [0.2, 0.25) is 5.91 Å². The Bertz CT molecular complexity index is 968. The van der Waals surface area contributed by atoms with E-state index >= 15 is 0 Å².